The van der Waals surface area contributed by atoms with Crippen LogP contribution in [0, 0.1) is 0 Å². The van der Waals surface area contributed by atoms with Gasteiger partial charge in [0.1, 0.15) is 12.4 Å². The number of ether oxygens (including phenoxy) is 2. The van der Waals surface area contributed by atoms with Crippen LogP contribution < -0.4 is 10.1 Å². The van der Waals surface area contributed by atoms with Crippen LogP contribution in [0.15, 0.2) is 24.3 Å². The van der Waals surface area contributed by atoms with Crippen molar-refractivity contribution in [2.45, 2.75) is 83.8 Å². The zero-order valence-corrected chi connectivity index (χ0v) is 19.7. The summed E-state index contributed by atoms with van der Waals surface area (Å²) in [5.74, 6) is -0.250. The molecule has 0 bridgehead atoms. The van der Waals surface area contributed by atoms with Crippen LogP contribution in [0.3, 0.4) is 0 Å². The van der Waals surface area contributed by atoms with Gasteiger partial charge in [-0.15, -0.1) is 0 Å². The molecule has 1 aromatic rings. The summed E-state index contributed by atoms with van der Waals surface area (Å²) < 4.78 is 11.1. The Morgan fingerprint density at radius 1 is 1.09 bits per heavy atom. The number of hydrogen-bond donors (Lipinski definition) is 2. The topological polar surface area (TPSA) is 88.1 Å². The maximum absolute atomic E-state index is 12.8. The molecule has 2 amide bonds. The van der Waals surface area contributed by atoms with Gasteiger partial charge < -0.3 is 24.8 Å². The Kier molecular flexibility index (Phi) is 11.9. The first-order chi connectivity index (χ1) is 15.5. The molecule has 1 aromatic carbocycles. The largest absolute Gasteiger partial charge is 0.492 e. The Morgan fingerprint density at radius 2 is 1.81 bits per heavy atom. The number of carbonyl (C=O) groups excluding carboxylic acids is 1. The van der Waals surface area contributed by atoms with Crippen molar-refractivity contribution in [3.63, 3.8) is 0 Å². The molecule has 7 heteroatoms. The molecule has 0 aromatic heterocycles. The Bertz CT molecular complexity index is 673. The molecule has 2 rings (SSSR count). The Balaban J connectivity index is 1.83. The molecule has 0 aliphatic heterocycles. The smallest absolute Gasteiger partial charge is 0.333 e. The van der Waals surface area contributed by atoms with E-state index in [9.17, 15) is 14.7 Å². The molecular formula is C25H40N2O5. The minimum atomic E-state index is -0.957. The number of nitrogens with zero attached hydrogens (tertiary/aromatic N) is 1. The second kappa shape index (κ2) is 14.7. The van der Waals surface area contributed by atoms with Crippen LogP contribution in [0.5, 0.6) is 5.75 Å². The Hall–Kier alpha value is -2.28. The monoisotopic (exact) mass is 448 g/mol. The van der Waals surface area contributed by atoms with E-state index in [2.05, 4.69) is 12.2 Å². The number of hydrogen-bond acceptors (Lipinski definition) is 4. The van der Waals surface area contributed by atoms with E-state index in [0.29, 0.717) is 38.0 Å². The van der Waals surface area contributed by atoms with Gasteiger partial charge in [0.25, 0.3) is 0 Å². The summed E-state index contributed by atoms with van der Waals surface area (Å²) in [5, 5.41) is 12.4. The predicted molar refractivity (Wildman–Crippen MR) is 125 cm³/mol. The summed E-state index contributed by atoms with van der Waals surface area (Å²) in [7, 11) is 0. The van der Waals surface area contributed by atoms with E-state index in [1.54, 1.807) is 6.92 Å². The lowest BCUT2D eigenvalue weighted by Gasteiger charge is -2.28. The molecule has 1 aliphatic carbocycles. The predicted octanol–water partition coefficient (Wildman–Crippen LogP) is 4.63. The Morgan fingerprint density at radius 3 is 2.44 bits per heavy atom. The fourth-order valence-electron chi connectivity index (χ4n) is 4.01. The van der Waals surface area contributed by atoms with Crippen LogP contribution >= 0.6 is 0 Å². The number of benzene rings is 1. The van der Waals surface area contributed by atoms with Gasteiger partial charge in [-0.2, -0.15) is 0 Å². The molecule has 1 fully saturated rings. The van der Waals surface area contributed by atoms with Crippen molar-refractivity contribution < 1.29 is 24.2 Å². The van der Waals surface area contributed by atoms with Gasteiger partial charge in [-0.1, -0.05) is 51.2 Å². The van der Waals surface area contributed by atoms with Crippen molar-refractivity contribution in [1.82, 2.24) is 10.2 Å². The summed E-state index contributed by atoms with van der Waals surface area (Å²) >= 11 is 0. The highest BCUT2D eigenvalue weighted by Crippen LogP contribution is 2.18. The van der Waals surface area contributed by atoms with Crippen molar-refractivity contribution in [3.05, 3.63) is 29.8 Å². The number of carboxylic acid groups (broad SMARTS) is 1. The van der Waals surface area contributed by atoms with Gasteiger partial charge in [0.2, 0.25) is 0 Å². The number of carboxylic acids is 1. The lowest BCUT2D eigenvalue weighted by atomic mass is 9.96. The molecule has 0 spiro atoms. The van der Waals surface area contributed by atoms with Crippen LogP contribution in [0.25, 0.3) is 0 Å². The molecule has 180 valence electrons. The van der Waals surface area contributed by atoms with Gasteiger partial charge in [0.15, 0.2) is 6.10 Å². The molecule has 0 heterocycles. The van der Waals surface area contributed by atoms with E-state index in [4.69, 9.17) is 9.47 Å². The molecule has 1 aliphatic rings. The van der Waals surface area contributed by atoms with Gasteiger partial charge in [0.05, 0.1) is 6.54 Å². The summed E-state index contributed by atoms with van der Waals surface area (Å²) in [4.78, 5) is 25.9. The van der Waals surface area contributed by atoms with Crippen LogP contribution in [0.4, 0.5) is 4.79 Å². The molecule has 1 unspecified atom stereocenters. The minimum Gasteiger partial charge on any atom is -0.492 e. The first-order valence-electron chi connectivity index (χ1n) is 12.1. The van der Waals surface area contributed by atoms with E-state index in [1.165, 1.54) is 19.3 Å². The SMILES string of the molecule is CCCCCN(CCOc1ccc(CC(OCC)C(=O)O)cc1)C(=O)NC1CCCCC1. The average Bonchev–Trinajstić information content (AvgIpc) is 2.79. The number of carbonyl (C=O) groups is 2. The molecule has 1 atom stereocenters. The highest BCUT2D eigenvalue weighted by molar-refractivity contribution is 5.74. The van der Waals surface area contributed by atoms with Gasteiger partial charge in [0, 0.05) is 25.6 Å². The molecule has 2 N–H and O–H groups in total. The molecule has 0 radical (unpaired) electrons. The van der Waals surface area contributed by atoms with E-state index < -0.39 is 12.1 Å². The Labute approximate surface area is 192 Å². The third-order valence-corrected chi connectivity index (χ3v) is 5.87. The molecular weight excluding hydrogens is 408 g/mol. The van der Waals surface area contributed by atoms with E-state index in [-0.39, 0.29) is 6.03 Å². The van der Waals surface area contributed by atoms with Crippen LogP contribution in [0.1, 0.15) is 70.8 Å². The molecule has 1 saturated carbocycles. The number of nitrogens with one attached hydrogen (secondary N) is 1. The van der Waals surface area contributed by atoms with Crippen molar-refractivity contribution in [2.24, 2.45) is 0 Å². The van der Waals surface area contributed by atoms with Gasteiger partial charge in [-0.05, 0) is 43.9 Å². The normalized spacial score (nSPS) is 15.2. The number of aliphatic carboxylic acids is 1. The van der Waals surface area contributed by atoms with Crippen molar-refractivity contribution >= 4 is 12.0 Å². The summed E-state index contributed by atoms with van der Waals surface area (Å²) in [6.07, 6.45) is 8.49. The van der Waals surface area contributed by atoms with Crippen LogP contribution in [-0.4, -0.2) is 60.5 Å². The van der Waals surface area contributed by atoms with E-state index >= 15 is 0 Å². The number of urea groups is 1. The van der Waals surface area contributed by atoms with Crippen molar-refractivity contribution in [3.8, 4) is 5.75 Å². The zero-order valence-electron chi connectivity index (χ0n) is 19.7. The molecule has 0 saturated heterocycles. The fourth-order valence-corrected chi connectivity index (χ4v) is 4.01. The second-order valence-electron chi connectivity index (χ2n) is 8.46. The average molecular weight is 449 g/mol. The van der Waals surface area contributed by atoms with Gasteiger partial charge >= 0.3 is 12.0 Å². The first kappa shape index (κ1) is 26.0. The highest BCUT2D eigenvalue weighted by atomic mass is 16.5. The summed E-state index contributed by atoms with van der Waals surface area (Å²) in [5.41, 5.74) is 0.881. The van der Waals surface area contributed by atoms with E-state index in [0.717, 1.165) is 44.2 Å². The minimum absolute atomic E-state index is 0.0163. The van der Waals surface area contributed by atoms with Crippen molar-refractivity contribution in [1.29, 1.82) is 0 Å². The third-order valence-electron chi connectivity index (χ3n) is 5.87. The van der Waals surface area contributed by atoms with E-state index in [1.807, 2.05) is 29.2 Å². The molecule has 32 heavy (non-hydrogen) atoms. The summed E-state index contributed by atoms with van der Waals surface area (Å²) in [6.45, 7) is 6.00. The number of amides is 2. The first-order valence-corrected chi connectivity index (χ1v) is 12.1. The summed E-state index contributed by atoms with van der Waals surface area (Å²) in [6, 6.07) is 7.71. The third kappa shape index (κ3) is 9.47. The fraction of sp³-hybridized carbons (Fsp3) is 0.680. The maximum atomic E-state index is 12.8. The lowest BCUT2D eigenvalue weighted by molar-refractivity contribution is -0.149. The highest BCUT2D eigenvalue weighted by Gasteiger charge is 2.20. The van der Waals surface area contributed by atoms with Crippen LogP contribution in [-0.2, 0) is 16.0 Å². The second-order valence-corrected chi connectivity index (χ2v) is 8.46. The van der Waals surface area contributed by atoms with Crippen LogP contribution in [0.2, 0.25) is 0 Å². The lowest BCUT2D eigenvalue weighted by Crippen LogP contribution is -2.47. The van der Waals surface area contributed by atoms with Crippen molar-refractivity contribution in [2.75, 3.05) is 26.3 Å². The molecule has 7 nitrogen and oxygen atoms in total. The standard InChI is InChI=1S/C25H40N2O5/c1-3-5-9-16-27(25(30)26-21-10-7-6-8-11-21)17-18-32-22-14-12-20(13-15-22)19-23(24(28)29)31-4-2/h12-15,21,23H,3-11,16-19H2,1-2H3,(H,26,30)(H,28,29). The van der Waals surface area contributed by atoms with Gasteiger partial charge in [-0.3, -0.25) is 0 Å². The quantitative estimate of drug-likeness (QED) is 0.405. The number of rotatable bonds is 14. The maximum Gasteiger partial charge on any atom is 0.333 e. The number of unbranched alkanes of at least 4 members (excludes halogenated alkanes) is 2. The van der Waals surface area contributed by atoms with Gasteiger partial charge in [-0.25, -0.2) is 9.59 Å². The zero-order chi connectivity index (χ0) is 23.2.